The van der Waals surface area contributed by atoms with Gasteiger partial charge in [-0.15, -0.1) is 11.6 Å². The third-order valence-corrected chi connectivity index (χ3v) is 7.96. The molecule has 3 aromatic rings. The number of methoxy groups -OCH3 is 1. The molecule has 2 aromatic carbocycles. The molecule has 252 valence electrons. The first kappa shape index (κ1) is 35.7. The number of alkyl halides is 1. The standard InChI is InChI=1S/C22H26N2O4.C15H20ClNO2/c1-22(2,3)28-21(26)24-8-7-17-6-5-15(10-19(17)14-24)9-16-11-18(13-23-12-16)20(25)27-4;1-15(2,3)19-14(18)17-7-6-12-5-4-11(9-16)8-13(12)10-17/h5-6,10-13H,7-9,14H2,1-4H3;4-5,8H,6-7,9-10H2,1-3H3. The van der Waals surface area contributed by atoms with E-state index in [-0.39, 0.29) is 12.2 Å². The lowest BCUT2D eigenvalue weighted by Crippen LogP contribution is -2.39. The van der Waals surface area contributed by atoms with Gasteiger partial charge in [0.1, 0.15) is 11.2 Å². The number of pyridine rings is 1. The summed E-state index contributed by atoms with van der Waals surface area (Å²) in [5, 5.41) is 0. The van der Waals surface area contributed by atoms with E-state index in [1.807, 2.05) is 41.5 Å². The summed E-state index contributed by atoms with van der Waals surface area (Å²) in [7, 11) is 1.36. The zero-order valence-corrected chi connectivity index (χ0v) is 29.3. The summed E-state index contributed by atoms with van der Waals surface area (Å²) in [6.45, 7) is 13.8. The van der Waals surface area contributed by atoms with Crippen molar-refractivity contribution in [3.63, 3.8) is 0 Å². The maximum Gasteiger partial charge on any atom is 0.410 e. The fourth-order valence-electron chi connectivity index (χ4n) is 5.43. The molecule has 0 unspecified atom stereocenters. The Morgan fingerprint density at radius 1 is 0.723 bits per heavy atom. The Morgan fingerprint density at radius 3 is 1.72 bits per heavy atom. The number of benzene rings is 2. The molecule has 10 heteroatoms. The summed E-state index contributed by atoms with van der Waals surface area (Å²) in [6.07, 6.45) is 5.07. The van der Waals surface area contributed by atoms with Crippen molar-refractivity contribution in [3.8, 4) is 0 Å². The van der Waals surface area contributed by atoms with E-state index in [9.17, 15) is 14.4 Å². The van der Waals surface area contributed by atoms with Gasteiger partial charge >= 0.3 is 18.2 Å². The molecule has 0 saturated heterocycles. The number of fused-ring (bicyclic) bond motifs is 2. The van der Waals surface area contributed by atoms with E-state index in [2.05, 4.69) is 41.4 Å². The Balaban J connectivity index is 0.000000229. The van der Waals surface area contributed by atoms with Crippen molar-refractivity contribution in [2.24, 2.45) is 0 Å². The van der Waals surface area contributed by atoms with E-state index in [4.69, 9.17) is 25.8 Å². The summed E-state index contributed by atoms with van der Waals surface area (Å²) in [6, 6.07) is 14.4. The molecular formula is C37H46ClN3O6. The van der Waals surface area contributed by atoms with E-state index in [1.54, 1.807) is 22.1 Å². The topological polar surface area (TPSA) is 98.3 Å². The highest BCUT2D eigenvalue weighted by molar-refractivity contribution is 6.17. The van der Waals surface area contributed by atoms with Crippen molar-refractivity contribution >= 4 is 29.8 Å². The van der Waals surface area contributed by atoms with Crippen LogP contribution in [-0.4, -0.2) is 64.3 Å². The number of carbonyl (C=O) groups excluding carboxylic acids is 3. The molecule has 3 heterocycles. The Bertz CT molecular complexity index is 1590. The summed E-state index contributed by atoms with van der Waals surface area (Å²) in [4.78, 5) is 43.8. The van der Waals surface area contributed by atoms with Crippen LogP contribution in [0.4, 0.5) is 9.59 Å². The van der Waals surface area contributed by atoms with Gasteiger partial charge in [-0.25, -0.2) is 14.4 Å². The van der Waals surface area contributed by atoms with E-state index in [0.29, 0.717) is 44.0 Å². The first-order chi connectivity index (χ1) is 22.1. The summed E-state index contributed by atoms with van der Waals surface area (Å²) in [5.41, 5.74) is 7.48. The SMILES string of the molecule is CC(C)(C)OC(=O)N1CCc2ccc(CCl)cc2C1.COC(=O)c1cncc(Cc2ccc3c(c2)CN(C(=O)OC(C)(C)C)CC3)c1. The minimum atomic E-state index is -0.503. The lowest BCUT2D eigenvalue weighted by molar-refractivity contribution is 0.0214. The van der Waals surface area contributed by atoms with Gasteiger partial charge in [-0.2, -0.15) is 0 Å². The van der Waals surface area contributed by atoms with Crippen LogP contribution < -0.4 is 0 Å². The number of halogens is 1. The number of amides is 2. The fraction of sp³-hybridized carbons (Fsp3) is 0.459. The van der Waals surface area contributed by atoms with Gasteiger partial charge in [-0.3, -0.25) is 4.98 Å². The average Bonchev–Trinajstić information content (AvgIpc) is 3.02. The minimum absolute atomic E-state index is 0.241. The maximum absolute atomic E-state index is 12.4. The highest BCUT2D eigenvalue weighted by Gasteiger charge is 2.27. The number of hydrogen-bond donors (Lipinski definition) is 0. The summed E-state index contributed by atoms with van der Waals surface area (Å²) in [5.74, 6) is 0.104. The summed E-state index contributed by atoms with van der Waals surface area (Å²) < 4.78 is 15.7. The van der Waals surface area contributed by atoms with E-state index < -0.39 is 17.2 Å². The third-order valence-electron chi connectivity index (χ3n) is 7.65. The van der Waals surface area contributed by atoms with Crippen LogP contribution in [-0.2, 0) is 52.4 Å². The number of nitrogens with zero attached hydrogens (tertiary/aromatic N) is 3. The highest BCUT2D eigenvalue weighted by Crippen LogP contribution is 2.25. The van der Waals surface area contributed by atoms with Crippen LogP contribution in [0.3, 0.4) is 0 Å². The van der Waals surface area contributed by atoms with Crippen molar-refractivity contribution in [1.82, 2.24) is 14.8 Å². The zero-order chi connectivity index (χ0) is 34.4. The van der Waals surface area contributed by atoms with Gasteiger partial charge in [-0.1, -0.05) is 36.4 Å². The molecule has 2 amide bonds. The number of esters is 1. The van der Waals surface area contributed by atoms with Crippen LogP contribution >= 0.6 is 11.6 Å². The normalized spacial score (nSPS) is 14.2. The van der Waals surface area contributed by atoms with Gasteiger partial charge in [-0.05, 0) is 106 Å². The van der Waals surface area contributed by atoms with Crippen LogP contribution in [0.2, 0.25) is 0 Å². The molecule has 0 bridgehead atoms. The average molecular weight is 664 g/mol. The zero-order valence-electron chi connectivity index (χ0n) is 28.5. The second-order valence-electron chi connectivity index (χ2n) is 13.9. The first-order valence-electron chi connectivity index (χ1n) is 15.9. The van der Waals surface area contributed by atoms with Crippen molar-refractivity contribution < 1.29 is 28.6 Å². The Morgan fingerprint density at radius 2 is 1.23 bits per heavy atom. The molecule has 0 N–H and O–H groups in total. The van der Waals surface area contributed by atoms with Gasteiger partial charge in [0.2, 0.25) is 0 Å². The Kier molecular flexibility index (Phi) is 11.6. The number of carbonyl (C=O) groups is 3. The molecule has 5 rings (SSSR count). The lowest BCUT2D eigenvalue weighted by atomic mass is 9.95. The Hall–Kier alpha value is -4.11. The molecule has 0 atom stereocenters. The van der Waals surface area contributed by atoms with Crippen LogP contribution in [0.15, 0.2) is 54.9 Å². The number of hydrogen-bond acceptors (Lipinski definition) is 7. The van der Waals surface area contributed by atoms with Gasteiger partial charge in [0.25, 0.3) is 0 Å². The van der Waals surface area contributed by atoms with Crippen LogP contribution in [0.25, 0.3) is 0 Å². The van der Waals surface area contributed by atoms with E-state index in [0.717, 1.165) is 35.1 Å². The molecule has 2 aliphatic rings. The number of rotatable bonds is 4. The molecule has 0 aliphatic carbocycles. The molecule has 0 saturated carbocycles. The predicted molar refractivity (Wildman–Crippen MR) is 182 cm³/mol. The number of aromatic nitrogens is 1. The van der Waals surface area contributed by atoms with Crippen molar-refractivity contribution in [2.75, 3.05) is 20.2 Å². The second kappa shape index (κ2) is 15.2. The molecular weight excluding hydrogens is 618 g/mol. The second-order valence-corrected chi connectivity index (χ2v) is 14.2. The fourth-order valence-corrected chi connectivity index (χ4v) is 5.59. The first-order valence-corrected chi connectivity index (χ1v) is 16.4. The molecule has 0 fully saturated rings. The monoisotopic (exact) mass is 663 g/mol. The molecule has 0 spiro atoms. The largest absolute Gasteiger partial charge is 0.465 e. The summed E-state index contributed by atoms with van der Waals surface area (Å²) >= 11 is 5.85. The van der Waals surface area contributed by atoms with Gasteiger partial charge < -0.3 is 24.0 Å². The maximum atomic E-state index is 12.4. The van der Waals surface area contributed by atoms with Gasteiger partial charge in [0.05, 0.1) is 12.7 Å². The van der Waals surface area contributed by atoms with E-state index in [1.165, 1.54) is 30.0 Å². The van der Waals surface area contributed by atoms with Crippen LogP contribution in [0.5, 0.6) is 0 Å². The van der Waals surface area contributed by atoms with Crippen molar-refractivity contribution in [3.05, 3.63) is 99.4 Å². The van der Waals surface area contributed by atoms with Gasteiger partial charge in [0.15, 0.2) is 0 Å². The lowest BCUT2D eigenvalue weighted by Gasteiger charge is -2.31. The smallest absolute Gasteiger partial charge is 0.410 e. The van der Waals surface area contributed by atoms with Crippen LogP contribution in [0.1, 0.15) is 90.8 Å². The molecule has 47 heavy (non-hydrogen) atoms. The third kappa shape index (κ3) is 10.4. The quantitative estimate of drug-likeness (QED) is 0.162. The van der Waals surface area contributed by atoms with Crippen molar-refractivity contribution in [1.29, 1.82) is 0 Å². The molecule has 0 radical (unpaired) electrons. The molecule has 9 nitrogen and oxygen atoms in total. The molecule has 2 aliphatic heterocycles. The number of ether oxygens (including phenoxy) is 3. The van der Waals surface area contributed by atoms with Crippen LogP contribution in [0, 0.1) is 0 Å². The van der Waals surface area contributed by atoms with Crippen molar-refractivity contribution in [2.45, 2.75) is 91.0 Å². The predicted octanol–water partition coefficient (Wildman–Crippen LogP) is 7.47. The van der Waals surface area contributed by atoms with E-state index >= 15 is 0 Å². The molecule has 1 aromatic heterocycles. The van der Waals surface area contributed by atoms with Gasteiger partial charge in [0, 0.05) is 44.5 Å². The minimum Gasteiger partial charge on any atom is -0.465 e. The Labute approximate surface area is 283 Å². The highest BCUT2D eigenvalue weighted by atomic mass is 35.5.